The first-order chi connectivity index (χ1) is 20.0. The highest BCUT2D eigenvalue weighted by Gasteiger charge is 2.24. The summed E-state index contributed by atoms with van der Waals surface area (Å²) in [6, 6.07) is 21.0. The summed E-state index contributed by atoms with van der Waals surface area (Å²) in [4.78, 5) is 24.0. The molecule has 0 spiro atoms. The summed E-state index contributed by atoms with van der Waals surface area (Å²) in [5.41, 5.74) is 4.63. The number of unbranched alkanes of at least 4 members (excludes halogenated alkanes) is 9. The number of benzene rings is 3. The molecule has 5 heteroatoms. The summed E-state index contributed by atoms with van der Waals surface area (Å²) in [7, 11) is 0. The van der Waals surface area contributed by atoms with E-state index >= 15 is 0 Å². The maximum Gasteiger partial charge on any atom is 0.343 e. The number of rotatable bonds is 16. The second-order valence-corrected chi connectivity index (χ2v) is 11.2. The Balaban J connectivity index is 1.18. The summed E-state index contributed by atoms with van der Waals surface area (Å²) in [5, 5.41) is 9.28. The smallest absolute Gasteiger partial charge is 0.343 e. The monoisotopic (exact) mass is 556 g/mol. The zero-order valence-electron chi connectivity index (χ0n) is 24.4. The van der Waals surface area contributed by atoms with E-state index in [0.29, 0.717) is 30.6 Å². The first kappa shape index (κ1) is 30.4. The molecule has 3 aromatic rings. The van der Waals surface area contributed by atoms with Crippen LogP contribution in [0.25, 0.3) is 11.1 Å². The molecule has 1 atom stereocenters. The van der Waals surface area contributed by atoms with Gasteiger partial charge in [0.1, 0.15) is 11.5 Å². The van der Waals surface area contributed by atoms with E-state index in [-0.39, 0.29) is 5.92 Å². The van der Waals surface area contributed by atoms with E-state index in [4.69, 9.17) is 9.47 Å². The fourth-order valence-corrected chi connectivity index (χ4v) is 5.49. The number of hydrogen-bond donors (Lipinski definition) is 1. The molecule has 1 unspecified atom stereocenters. The number of aliphatic carboxylic acids is 1. The number of esters is 1. The van der Waals surface area contributed by atoms with Crippen LogP contribution in [0.1, 0.15) is 99.0 Å². The van der Waals surface area contributed by atoms with E-state index in [1.54, 1.807) is 18.2 Å². The minimum atomic E-state index is -0.751. The molecule has 4 rings (SSSR count). The van der Waals surface area contributed by atoms with Crippen LogP contribution in [-0.4, -0.2) is 23.7 Å². The third-order valence-corrected chi connectivity index (χ3v) is 8.04. The van der Waals surface area contributed by atoms with Crippen molar-refractivity contribution in [3.8, 4) is 22.6 Å². The van der Waals surface area contributed by atoms with Crippen molar-refractivity contribution in [3.05, 3.63) is 83.4 Å². The SMILES string of the molecule is CCCCCCCCCCCCOc1ccc(-c2ccc(C(=O)Oc3ccc4c(c3)CCC(C(=O)O)C4)cc2)cc1. The number of ether oxygens (including phenoxy) is 2. The minimum Gasteiger partial charge on any atom is -0.494 e. The van der Waals surface area contributed by atoms with Crippen molar-refractivity contribution in [2.24, 2.45) is 5.92 Å². The number of carboxylic acid groups (broad SMARTS) is 1. The van der Waals surface area contributed by atoms with Crippen molar-refractivity contribution in [1.82, 2.24) is 0 Å². The molecule has 218 valence electrons. The highest BCUT2D eigenvalue weighted by atomic mass is 16.5. The van der Waals surface area contributed by atoms with Crippen LogP contribution in [0.2, 0.25) is 0 Å². The molecule has 0 aromatic heterocycles. The summed E-state index contributed by atoms with van der Waals surface area (Å²) in [6.45, 7) is 3.01. The lowest BCUT2D eigenvalue weighted by molar-refractivity contribution is -0.142. The fourth-order valence-electron chi connectivity index (χ4n) is 5.49. The second kappa shape index (κ2) is 16.0. The van der Waals surface area contributed by atoms with Crippen LogP contribution in [0.4, 0.5) is 0 Å². The maximum absolute atomic E-state index is 12.7. The fraction of sp³-hybridized carbons (Fsp3) is 0.444. The lowest BCUT2D eigenvalue weighted by Crippen LogP contribution is -2.22. The zero-order valence-corrected chi connectivity index (χ0v) is 24.4. The minimum absolute atomic E-state index is 0.340. The molecule has 41 heavy (non-hydrogen) atoms. The van der Waals surface area contributed by atoms with E-state index in [1.807, 2.05) is 48.5 Å². The maximum atomic E-state index is 12.7. The van der Waals surface area contributed by atoms with E-state index in [2.05, 4.69) is 6.92 Å². The zero-order chi connectivity index (χ0) is 28.9. The lowest BCUT2D eigenvalue weighted by Gasteiger charge is -2.21. The van der Waals surface area contributed by atoms with E-state index in [0.717, 1.165) is 41.0 Å². The Labute approximate surface area is 244 Å². The van der Waals surface area contributed by atoms with Gasteiger partial charge >= 0.3 is 11.9 Å². The molecule has 0 radical (unpaired) electrons. The Morgan fingerprint density at radius 2 is 1.32 bits per heavy atom. The Hall–Kier alpha value is -3.60. The lowest BCUT2D eigenvalue weighted by atomic mass is 9.84. The van der Waals surface area contributed by atoms with Crippen LogP contribution in [0.5, 0.6) is 11.5 Å². The van der Waals surface area contributed by atoms with Crippen molar-refractivity contribution >= 4 is 11.9 Å². The van der Waals surface area contributed by atoms with E-state index < -0.39 is 11.9 Å². The molecule has 0 saturated heterocycles. The summed E-state index contributed by atoms with van der Waals surface area (Å²) >= 11 is 0. The summed E-state index contributed by atoms with van der Waals surface area (Å²) in [6.07, 6.45) is 14.9. The van der Waals surface area contributed by atoms with E-state index in [9.17, 15) is 14.7 Å². The molecule has 1 aliphatic carbocycles. The Morgan fingerprint density at radius 1 is 0.732 bits per heavy atom. The third-order valence-electron chi connectivity index (χ3n) is 8.04. The van der Waals surface area contributed by atoms with Crippen LogP contribution in [-0.2, 0) is 17.6 Å². The molecular weight excluding hydrogens is 512 g/mol. The Morgan fingerprint density at radius 3 is 1.95 bits per heavy atom. The van der Waals surface area contributed by atoms with Gasteiger partial charge in [0.05, 0.1) is 18.1 Å². The van der Waals surface area contributed by atoms with Crippen LogP contribution in [0.3, 0.4) is 0 Å². The predicted molar refractivity (Wildman–Crippen MR) is 164 cm³/mol. The number of fused-ring (bicyclic) bond motifs is 1. The number of hydrogen-bond acceptors (Lipinski definition) is 4. The molecule has 0 aliphatic heterocycles. The molecule has 5 nitrogen and oxygen atoms in total. The molecule has 1 N–H and O–H groups in total. The normalized spacial score (nSPS) is 14.3. The van der Waals surface area contributed by atoms with E-state index in [1.165, 1.54) is 57.8 Å². The van der Waals surface area contributed by atoms with Gasteiger partial charge in [-0.2, -0.15) is 0 Å². The van der Waals surface area contributed by atoms with Crippen molar-refractivity contribution in [2.75, 3.05) is 6.61 Å². The van der Waals surface area contributed by atoms with Crippen molar-refractivity contribution < 1.29 is 24.2 Å². The number of aryl methyl sites for hydroxylation is 1. The van der Waals surface area contributed by atoms with Crippen LogP contribution in [0, 0.1) is 5.92 Å². The van der Waals surface area contributed by atoms with Gasteiger partial charge < -0.3 is 14.6 Å². The molecular formula is C36H44O5. The van der Waals surface area contributed by atoms with Gasteiger partial charge in [0, 0.05) is 0 Å². The first-order valence-electron chi connectivity index (χ1n) is 15.4. The summed E-state index contributed by atoms with van der Waals surface area (Å²) in [5.74, 6) is -0.133. The molecule has 0 saturated carbocycles. The molecule has 0 fully saturated rings. The third kappa shape index (κ3) is 9.48. The van der Waals surface area contributed by atoms with Gasteiger partial charge in [-0.15, -0.1) is 0 Å². The van der Waals surface area contributed by atoms with Gasteiger partial charge in [-0.25, -0.2) is 4.79 Å². The van der Waals surface area contributed by atoms with Gasteiger partial charge in [-0.05, 0) is 84.3 Å². The Kier molecular flexibility index (Phi) is 11.8. The van der Waals surface area contributed by atoms with Gasteiger partial charge in [0.15, 0.2) is 0 Å². The number of carboxylic acids is 1. The van der Waals surface area contributed by atoms with Crippen LogP contribution in [0.15, 0.2) is 66.7 Å². The first-order valence-corrected chi connectivity index (χ1v) is 15.4. The Bertz CT molecular complexity index is 1250. The molecule has 0 bridgehead atoms. The standard InChI is InChI=1S/C36H44O5/c1-2-3-4-5-6-7-8-9-10-11-24-40-33-21-18-28(19-22-33)27-12-14-29(15-13-27)36(39)41-34-23-20-30-25-32(35(37)38)17-16-31(30)26-34/h12-15,18-23,26,32H,2-11,16-17,24-25H2,1H3,(H,37,38). The van der Waals surface area contributed by atoms with Crippen LogP contribution >= 0.6 is 0 Å². The molecule has 0 amide bonds. The average Bonchev–Trinajstić information content (AvgIpc) is 3.00. The highest BCUT2D eigenvalue weighted by Crippen LogP contribution is 2.29. The average molecular weight is 557 g/mol. The van der Waals surface area contributed by atoms with Gasteiger partial charge in [0.2, 0.25) is 0 Å². The van der Waals surface area contributed by atoms with Gasteiger partial charge in [-0.1, -0.05) is 95.0 Å². The van der Waals surface area contributed by atoms with Crippen molar-refractivity contribution in [2.45, 2.75) is 90.4 Å². The predicted octanol–water partition coefficient (Wildman–Crippen LogP) is 9.06. The van der Waals surface area contributed by atoms with Crippen molar-refractivity contribution in [3.63, 3.8) is 0 Å². The quantitative estimate of drug-likeness (QED) is 0.108. The number of carbonyl (C=O) groups excluding carboxylic acids is 1. The molecule has 0 heterocycles. The summed E-state index contributed by atoms with van der Waals surface area (Å²) < 4.78 is 11.6. The van der Waals surface area contributed by atoms with Crippen LogP contribution < -0.4 is 9.47 Å². The second-order valence-electron chi connectivity index (χ2n) is 11.2. The molecule has 1 aliphatic rings. The highest BCUT2D eigenvalue weighted by molar-refractivity contribution is 5.91. The van der Waals surface area contributed by atoms with Gasteiger partial charge in [0.25, 0.3) is 0 Å². The molecule has 3 aromatic carbocycles. The topological polar surface area (TPSA) is 72.8 Å². The van der Waals surface area contributed by atoms with Crippen molar-refractivity contribution in [1.29, 1.82) is 0 Å². The van der Waals surface area contributed by atoms with Gasteiger partial charge in [-0.3, -0.25) is 4.79 Å². The number of carbonyl (C=O) groups is 2. The largest absolute Gasteiger partial charge is 0.494 e.